The van der Waals surface area contributed by atoms with Gasteiger partial charge in [0.1, 0.15) is 0 Å². The summed E-state index contributed by atoms with van der Waals surface area (Å²) in [4.78, 5) is 0. The monoisotopic (exact) mass is 253 g/mol. The summed E-state index contributed by atoms with van der Waals surface area (Å²) in [6.07, 6.45) is 4.67. The molecule has 1 saturated carbocycles. The predicted molar refractivity (Wildman–Crippen MR) is 70.6 cm³/mol. The molecule has 1 aromatic rings. The molecule has 1 aromatic carbocycles. The molecule has 0 atom stereocenters. The minimum Gasteiger partial charge on any atom is -0.382 e. The molecule has 2 rings (SSSR count). The van der Waals surface area contributed by atoms with Gasteiger partial charge >= 0.3 is 0 Å². The second kappa shape index (κ2) is 5.68. The molecule has 100 valence electrons. The van der Waals surface area contributed by atoms with E-state index in [1.807, 2.05) is 0 Å². The van der Waals surface area contributed by atoms with Crippen molar-refractivity contribution in [2.24, 2.45) is 11.8 Å². The third-order valence-corrected chi connectivity index (χ3v) is 4.01. The lowest BCUT2D eigenvalue weighted by atomic mass is 9.79. The van der Waals surface area contributed by atoms with Crippen molar-refractivity contribution in [1.29, 1.82) is 0 Å². The molecule has 0 saturated heterocycles. The van der Waals surface area contributed by atoms with Crippen molar-refractivity contribution in [3.8, 4) is 0 Å². The van der Waals surface area contributed by atoms with E-state index in [1.165, 1.54) is 25.0 Å². The maximum Gasteiger partial charge on any atom is 0.160 e. The Morgan fingerprint density at radius 2 is 1.72 bits per heavy atom. The van der Waals surface area contributed by atoms with Gasteiger partial charge in [-0.25, -0.2) is 8.78 Å². The number of benzene rings is 1. The Balaban J connectivity index is 1.89. The van der Waals surface area contributed by atoms with E-state index in [1.54, 1.807) is 6.07 Å². The average molecular weight is 253 g/mol. The summed E-state index contributed by atoms with van der Waals surface area (Å²) in [6.45, 7) is 4.54. The first-order valence-corrected chi connectivity index (χ1v) is 6.78. The van der Waals surface area contributed by atoms with Crippen LogP contribution in [-0.4, -0.2) is 6.04 Å². The third-order valence-electron chi connectivity index (χ3n) is 4.01. The van der Waals surface area contributed by atoms with E-state index in [0.29, 0.717) is 11.7 Å². The van der Waals surface area contributed by atoms with Gasteiger partial charge in [0, 0.05) is 17.8 Å². The molecule has 18 heavy (non-hydrogen) atoms. The summed E-state index contributed by atoms with van der Waals surface area (Å²) in [5, 5.41) is 3.30. The lowest BCUT2D eigenvalue weighted by molar-refractivity contribution is 0.267. The Bertz CT molecular complexity index is 395. The van der Waals surface area contributed by atoms with E-state index in [4.69, 9.17) is 0 Å². The van der Waals surface area contributed by atoms with Crippen LogP contribution in [0, 0.1) is 23.5 Å². The fraction of sp³-hybridized carbons (Fsp3) is 0.600. The first-order chi connectivity index (χ1) is 8.56. The van der Waals surface area contributed by atoms with E-state index in [0.717, 1.165) is 24.7 Å². The molecule has 0 bridgehead atoms. The Labute approximate surface area is 108 Å². The largest absolute Gasteiger partial charge is 0.382 e. The van der Waals surface area contributed by atoms with Gasteiger partial charge in [0.25, 0.3) is 0 Å². The first-order valence-electron chi connectivity index (χ1n) is 6.78. The van der Waals surface area contributed by atoms with Gasteiger partial charge in [0.2, 0.25) is 0 Å². The molecular formula is C15H21F2N. The fourth-order valence-corrected chi connectivity index (χ4v) is 2.75. The quantitative estimate of drug-likeness (QED) is 0.830. The zero-order valence-electron chi connectivity index (χ0n) is 11.0. The number of anilines is 1. The van der Waals surface area contributed by atoms with E-state index in [2.05, 4.69) is 19.2 Å². The minimum absolute atomic E-state index is 0.393. The second-order valence-electron chi connectivity index (χ2n) is 5.63. The number of hydrogen-bond acceptors (Lipinski definition) is 1. The van der Waals surface area contributed by atoms with Gasteiger partial charge in [0.15, 0.2) is 11.6 Å². The van der Waals surface area contributed by atoms with Gasteiger partial charge in [-0.1, -0.05) is 13.8 Å². The molecule has 0 amide bonds. The van der Waals surface area contributed by atoms with Crippen molar-refractivity contribution in [3.05, 3.63) is 29.8 Å². The summed E-state index contributed by atoms with van der Waals surface area (Å²) in [5.74, 6) is -0.0119. The Hall–Kier alpha value is -1.12. The van der Waals surface area contributed by atoms with Crippen LogP contribution < -0.4 is 5.32 Å². The average Bonchev–Trinajstić information content (AvgIpc) is 2.34. The van der Waals surface area contributed by atoms with Crippen molar-refractivity contribution in [1.82, 2.24) is 0 Å². The lowest BCUT2D eigenvalue weighted by Crippen LogP contribution is -2.27. The van der Waals surface area contributed by atoms with Crippen LogP contribution >= 0.6 is 0 Å². The zero-order valence-corrected chi connectivity index (χ0v) is 11.0. The highest BCUT2D eigenvalue weighted by Crippen LogP contribution is 2.31. The molecule has 3 heteroatoms. The summed E-state index contributed by atoms with van der Waals surface area (Å²) >= 11 is 0. The maximum atomic E-state index is 13.1. The molecule has 0 unspecified atom stereocenters. The number of nitrogens with one attached hydrogen (secondary N) is 1. The van der Waals surface area contributed by atoms with Crippen LogP contribution in [-0.2, 0) is 0 Å². The van der Waals surface area contributed by atoms with E-state index in [9.17, 15) is 8.78 Å². The second-order valence-corrected chi connectivity index (χ2v) is 5.63. The van der Waals surface area contributed by atoms with Gasteiger partial charge in [0.05, 0.1) is 0 Å². The van der Waals surface area contributed by atoms with E-state index < -0.39 is 11.6 Å². The van der Waals surface area contributed by atoms with Crippen LogP contribution in [0.5, 0.6) is 0 Å². The molecule has 0 radical (unpaired) electrons. The summed E-state index contributed by atoms with van der Waals surface area (Å²) in [7, 11) is 0. The molecular weight excluding hydrogens is 232 g/mol. The first kappa shape index (κ1) is 13.3. The number of rotatable bonds is 3. The fourth-order valence-electron chi connectivity index (χ4n) is 2.75. The molecule has 1 nitrogen and oxygen atoms in total. The van der Waals surface area contributed by atoms with Gasteiger partial charge in [-0.2, -0.15) is 0 Å². The Morgan fingerprint density at radius 1 is 1.06 bits per heavy atom. The minimum atomic E-state index is -0.788. The van der Waals surface area contributed by atoms with Gasteiger partial charge in [-0.3, -0.25) is 0 Å². The summed E-state index contributed by atoms with van der Waals surface area (Å²) in [6, 6.07) is 4.42. The van der Waals surface area contributed by atoms with E-state index in [-0.39, 0.29) is 0 Å². The van der Waals surface area contributed by atoms with Crippen LogP contribution in [0.2, 0.25) is 0 Å². The van der Waals surface area contributed by atoms with Crippen molar-refractivity contribution in [2.45, 2.75) is 45.6 Å². The lowest BCUT2D eigenvalue weighted by Gasteiger charge is -2.31. The predicted octanol–water partition coefficient (Wildman–Crippen LogP) is 4.59. The van der Waals surface area contributed by atoms with Gasteiger partial charge in [-0.05, 0) is 49.7 Å². The Morgan fingerprint density at radius 3 is 2.28 bits per heavy atom. The van der Waals surface area contributed by atoms with Crippen LogP contribution in [0.4, 0.5) is 14.5 Å². The Kier molecular flexibility index (Phi) is 4.20. The highest BCUT2D eigenvalue weighted by molar-refractivity contribution is 5.44. The smallest absolute Gasteiger partial charge is 0.160 e. The molecule has 0 spiro atoms. The van der Waals surface area contributed by atoms with Crippen LogP contribution in [0.1, 0.15) is 39.5 Å². The highest BCUT2D eigenvalue weighted by atomic mass is 19.2. The molecule has 0 heterocycles. The van der Waals surface area contributed by atoms with E-state index >= 15 is 0 Å². The molecule has 0 aliphatic heterocycles. The number of hydrogen-bond donors (Lipinski definition) is 1. The van der Waals surface area contributed by atoms with Gasteiger partial charge < -0.3 is 5.32 Å². The van der Waals surface area contributed by atoms with Crippen molar-refractivity contribution >= 4 is 5.69 Å². The van der Waals surface area contributed by atoms with Crippen LogP contribution in [0.15, 0.2) is 18.2 Å². The molecule has 1 N–H and O–H groups in total. The zero-order chi connectivity index (χ0) is 13.1. The standard InChI is InChI=1S/C15H21F2N/c1-10(2)11-3-5-12(6-4-11)18-13-7-8-14(16)15(17)9-13/h7-12,18H,3-6H2,1-2H3. The van der Waals surface area contributed by atoms with Crippen molar-refractivity contribution < 1.29 is 8.78 Å². The SMILES string of the molecule is CC(C)C1CCC(Nc2ccc(F)c(F)c2)CC1. The van der Waals surface area contributed by atoms with Crippen LogP contribution in [0.3, 0.4) is 0 Å². The maximum absolute atomic E-state index is 13.1. The van der Waals surface area contributed by atoms with Crippen molar-refractivity contribution in [3.63, 3.8) is 0 Å². The molecule has 0 aromatic heterocycles. The summed E-state index contributed by atoms with van der Waals surface area (Å²) in [5.41, 5.74) is 0.682. The molecule has 1 fully saturated rings. The van der Waals surface area contributed by atoms with Crippen LogP contribution in [0.25, 0.3) is 0 Å². The normalized spacial score (nSPS) is 24.3. The summed E-state index contributed by atoms with van der Waals surface area (Å²) < 4.78 is 25.9. The van der Waals surface area contributed by atoms with Crippen molar-refractivity contribution in [2.75, 3.05) is 5.32 Å². The number of halogens is 2. The highest BCUT2D eigenvalue weighted by Gasteiger charge is 2.23. The molecule has 1 aliphatic rings. The topological polar surface area (TPSA) is 12.0 Å². The van der Waals surface area contributed by atoms with Gasteiger partial charge in [-0.15, -0.1) is 0 Å². The third kappa shape index (κ3) is 3.21. The molecule has 1 aliphatic carbocycles.